The summed E-state index contributed by atoms with van der Waals surface area (Å²) in [6.45, 7) is 10.4. The predicted octanol–water partition coefficient (Wildman–Crippen LogP) is 4.44. The molecule has 1 aromatic carbocycles. The first kappa shape index (κ1) is 32.1. The topological polar surface area (TPSA) is 140 Å². The highest BCUT2D eigenvalue weighted by Gasteiger charge is 2.47. The molecule has 0 unspecified atom stereocenters. The lowest BCUT2D eigenvalue weighted by Gasteiger charge is -2.34. The Morgan fingerprint density at radius 3 is 2.42 bits per heavy atom. The maximum Gasteiger partial charge on any atom is 0.408 e. The van der Waals surface area contributed by atoms with Crippen molar-refractivity contribution in [2.45, 2.75) is 89.7 Å². The summed E-state index contributed by atoms with van der Waals surface area (Å²) in [6, 6.07) is 3.90. The van der Waals surface area contributed by atoms with Gasteiger partial charge in [-0.3, -0.25) is 4.79 Å². The maximum absolute atomic E-state index is 14.8. The molecule has 2 amide bonds. The number of carbonyl (C=O) groups is 3. The molecule has 2 N–H and O–H groups in total. The van der Waals surface area contributed by atoms with Crippen LogP contribution in [0.25, 0.3) is 11.0 Å². The van der Waals surface area contributed by atoms with E-state index in [4.69, 9.17) is 14.2 Å². The molecule has 2 fully saturated rings. The van der Waals surface area contributed by atoms with E-state index in [1.54, 1.807) is 39.0 Å². The van der Waals surface area contributed by atoms with Crippen LogP contribution in [0.4, 0.5) is 13.6 Å². The van der Waals surface area contributed by atoms with Crippen molar-refractivity contribution < 1.29 is 42.5 Å². The number of halogens is 2. The number of fused-ring (bicyclic) bond motifs is 1. The summed E-state index contributed by atoms with van der Waals surface area (Å²) in [7, 11) is 0. The first-order valence-electron chi connectivity index (χ1n) is 14.3. The van der Waals surface area contributed by atoms with Gasteiger partial charge < -0.3 is 29.5 Å². The summed E-state index contributed by atoms with van der Waals surface area (Å²) < 4.78 is 46.7. The first-order chi connectivity index (χ1) is 20.2. The fraction of sp³-hybridized carbons (Fsp3) is 0.567. The molecule has 1 aromatic heterocycles. The van der Waals surface area contributed by atoms with E-state index in [1.807, 2.05) is 6.92 Å². The Balaban J connectivity index is 1.55. The summed E-state index contributed by atoms with van der Waals surface area (Å²) >= 11 is 0. The largest absolute Gasteiger partial charge is 0.480 e. The zero-order chi connectivity index (χ0) is 31.5. The number of carboxylic acids is 1. The number of amides is 2. The number of ether oxygens (including phenoxy) is 3. The third kappa shape index (κ3) is 7.20. The molecule has 4 rings (SSSR count). The molecular weight excluding hydrogens is 566 g/mol. The van der Waals surface area contributed by atoms with E-state index in [1.165, 1.54) is 6.07 Å². The van der Waals surface area contributed by atoms with Crippen LogP contribution in [0.1, 0.15) is 59.1 Å². The Morgan fingerprint density at radius 1 is 1.16 bits per heavy atom. The number of aliphatic carboxylic acids is 1. The van der Waals surface area contributed by atoms with Crippen molar-refractivity contribution in [2.75, 3.05) is 13.2 Å². The van der Waals surface area contributed by atoms with Crippen LogP contribution < -0.4 is 10.1 Å². The second-order valence-electron chi connectivity index (χ2n) is 11.8. The van der Waals surface area contributed by atoms with Crippen molar-refractivity contribution in [3.05, 3.63) is 42.6 Å². The second-order valence-corrected chi connectivity index (χ2v) is 11.8. The molecule has 43 heavy (non-hydrogen) atoms. The molecular formula is C30H38F2N4O7. The van der Waals surface area contributed by atoms with E-state index >= 15 is 0 Å². The van der Waals surface area contributed by atoms with E-state index in [0.29, 0.717) is 24.6 Å². The van der Waals surface area contributed by atoms with Gasteiger partial charge in [-0.2, -0.15) is 8.78 Å². The molecule has 1 saturated carbocycles. The third-order valence-electron chi connectivity index (χ3n) is 7.63. The Bertz CT molecular complexity index is 1370. The van der Waals surface area contributed by atoms with Crippen molar-refractivity contribution in [1.29, 1.82) is 0 Å². The van der Waals surface area contributed by atoms with Crippen molar-refractivity contribution in [1.82, 2.24) is 20.2 Å². The van der Waals surface area contributed by atoms with Crippen LogP contribution in [0.15, 0.2) is 36.9 Å². The number of rotatable bonds is 10. The summed E-state index contributed by atoms with van der Waals surface area (Å²) in [6.07, 6.45) is -0.0698. The highest BCUT2D eigenvalue weighted by atomic mass is 19.3. The highest BCUT2D eigenvalue weighted by Crippen LogP contribution is 2.36. The van der Waals surface area contributed by atoms with Gasteiger partial charge in [0.25, 0.3) is 0 Å². The first-order valence-corrected chi connectivity index (χ1v) is 14.3. The van der Waals surface area contributed by atoms with Crippen LogP contribution in [-0.2, 0) is 25.0 Å². The molecule has 2 aliphatic rings. The predicted molar refractivity (Wildman–Crippen MR) is 152 cm³/mol. The number of hydrogen-bond donors (Lipinski definition) is 2. The standard InChI is InChI=1S/C30H38F2N4O7/c1-6-30(31,32)23-25(34-19-12-9-8-11-18(19)33-23)42-17-15-20(27(38)39)36(16-17)26(37)24(29(3,4)5)35-28(40)43-22-14-10-13-21(22)41-7-2/h6,8-9,11-12,17,20-22,24H,1,7,10,13-16H2,2-5H3,(H,35,40)(H,38,39)/t17-,20+,21-,22-,24-/m1/s1. The Labute approximate surface area is 248 Å². The number of benzene rings is 1. The van der Waals surface area contributed by atoms with Gasteiger partial charge in [0.15, 0.2) is 5.69 Å². The molecule has 1 aliphatic carbocycles. The number of alkyl halides is 2. The van der Waals surface area contributed by atoms with Crippen LogP contribution in [0.2, 0.25) is 0 Å². The minimum atomic E-state index is -3.59. The summed E-state index contributed by atoms with van der Waals surface area (Å²) in [5.41, 5.74) is -1.09. The van der Waals surface area contributed by atoms with Gasteiger partial charge in [0.1, 0.15) is 24.3 Å². The van der Waals surface area contributed by atoms with E-state index < -0.39 is 65.2 Å². The third-order valence-corrected chi connectivity index (χ3v) is 7.63. The normalized spacial score (nSPS) is 23.2. The van der Waals surface area contributed by atoms with Crippen LogP contribution in [-0.4, -0.2) is 81.5 Å². The SMILES string of the molecule is C=CC(F)(F)c1nc2ccccc2nc1O[C@@H]1C[C@@H](C(=O)O)N(C(=O)[C@@H](NC(=O)O[C@@H]2CCC[C@H]2OCC)C(C)(C)C)C1. The van der Waals surface area contributed by atoms with Crippen LogP contribution in [0.3, 0.4) is 0 Å². The number of nitrogens with zero attached hydrogens (tertiary/aromatic N) is 3. The number of carbonyl (C=O) groups excluding carboxylic acids is 2. The number of para-hydroxylation sites is 2. The Hall–Kier alpha value is -3.87. The lowest BCUT2D eigenvalue weighted by atomic mass is 9.85. The molecule has 234 valence electrons. The van der Waals surface area contributed by atoms with Gasteiger partial charge in [-0.1, -0.05) is 39.5 Å². The number of likely N-dealkylation sites (tertiary alicyclic amines) is 1. The van der Waals surface area contributed by atoms with Gasteiger partial charge in [-0.05, 0) is 49.8 Å². The second kappa shape index (κ2) is 12.8. The fourth-order valence-electron chi connectivity index (χ4n) is 5.43. The van der Waals surface area contributed by atoms with E-state index in [2.05, 4.69) is 21.9 Å². The van der Waals surface area contributed by atoms with Crippen LogP contribution in [0, 0.1) is 5.41 Å². The van der Waals surface area contributed by atoms with Gasteiger partial charge in [-0.15, -0.1) is 0 Å². The summed E-state index contributed by atoms with van der Waals surface area (Å²) in [5.74, 6) is -6.05. The van der Waals surface area contributed by atoms with Gasteiger partial charge >= 0.3 is 18.0 Å². The zero-order valence-corrected chi connectivity index (χ0v) is 24.7. The molecule has 0 radical (unpaired) electrons. The van der Waals surface area contributed by atoms with Gasteiger partial charge in [0.05, 0.1) is 23.7 Å². The molecule has 11 nitrogen and oxygen atoms in total. The monoisotopic (exact) mass is 604 g/mol. The van der Waals surface area contributed by atoms with Crippen molar-refractivity contribution in [3.63, 3.8) is 0 Å². The molecule has 0 spiro atoms. The molecule has 1 aliphatic heterocycles. The Morgan fingerprint density at radius 2 is 1.81 bits per heavy atom. The molecule has 2 heterocycles. The molecule has 2 aromatic rings. The quantitative estimate of drug-likeness (QED) is 0.377. The van der Waals surface area contributed by atoms with Gasteiger partial charge in [0.2, 0.25) is 11.8 Å². The maximum atomic E-state index is 14.8. The van der Waals surface area contributed by atoms with Gasteiger partial charge in [-0.25, -0.2) is 19.6 Å². The molecule has 1 saturated heterocycles. The van der Waals surface area contributed by atoms with E-state index in [9.17, 15) is 28.3 Å². The van der Waals surface area contributed by atoms with Crippen molar-refractivity contribution in [3.8, 4) is 5.88 Å². The van der Waals surface area contributed by atoms with Crippen molar-refractivity contribution in [2.24, 2.45) is 5.41 Å². The minimum Gasteiger partial charge on any atom is -0.480 e. The van der Waals surface area contributed by atoms with E-state index in [-0.39, 0.29) is 24.6 Å². The molecule has 13 heteroatoms. The van der Waals surface area contributed by atoms with E-state index in [0.717, 1.165) is 17.7 Å². The lowest BCUT2D eigenvalue weighted by Crippen LogP contribution is -2.57. The zero-order valence-electron chi connectivity index (χ0n) is 24.7. The average molecular weight is 605 g/mol. The number of carboxylic acid groups (broad SMARTS) is 1. The smallest absolute Gasteiger partial charge is 0.408 e. The van der Waals surface area contributed by atoms with Crippen LogP contribution >= 0.6 is 0 Å². The number of allylic oxidation sites excluding steroid dienone is 1. The van der Waals surface area contributed by atoms with Crippen molar-refractivity contribution >= 4 is 29.0 Å². The van der Waals surface area contributed by atoms with Crippen LogP contribution in [0.5, 0.6) is 5.88 Å². The number of hydrogen-bond acceptors (Lipinski definition) is 8. The minimum absolute atomic E-state index is 0.200. The van der Waals surface area contributed by atoms with Gasteiger partial charge in [0, 0.05) is 13.0 Å². The Kier molecular flexibility index (Phi) is 9.53. The molecule has 5 atom stereocenters. The highest BCUT2D eigenvalue weighted by molar-refractivity contribution is 5.90. The summed E-state index contributed by atoms with van der Waals surface area (Å²) in [4.78, 5) is 48.4. The molecule has 0 bridgehead atoms. The fourth-order valence-corrected chi connectivity index (χ4v) is 5.43. The average Bonchev–Trinajstić information content (AvgIpc) is 3.57. The number of alkyl carbamates (subject to hydrolysis) is 1. The number of aromatic nitrogens is 2. The number of nitrogens with one attached hydrogen (secondary N) is 1. The lowest BCUT2D eigenvalue weighted by molar-refractivity contribution is -0.150. The summed E-state index contributed by atoms with van der Waals surface area (Å²) in [5, 5.41) is 12.6.